The lowest BCUT2D eigenvalue weighted by atomic mass is 10.1. The van der Waals surface area contributed by atoms with E-state index in [-0.39, 0.29) is 12.4 Å². The minimum absolute atomic E-state index is 0.105. The maximum Gasteiger partial charge on any atom is 0.340 e. The van der Waals surface area contributed by atoms with E-state index >= 15 is 0 Å². The van der Waals surface area contributed by atoms with Crippen LogP contribution in [0.15, 0.2) is 28.0 Å². The molecule has 4 heterocycles. The second-order valence-electron chi connectivity index (χ2n) is 8.11. The zero-order valence-electron chi connectivity index (χ0n) is 19.4. The van der Waals surface area contributed by atoms with Crippen molar-refractivity contribution in [2.45, 2.75) is 57.5 Å². The molecule has 1 atom stereocenters. The molecule has 176 valence electrons. The number of ether oxygens (including phenoxy) is 1. The van der Waals surface area contributed by atoms with Gasteiger partial charge in [0.15, 0.2) is 10.9 Å². The number of carbonyl (C=O) groups excluding carboxylic acids is 2. The number of aromatic amines is 1. The number of aryl methyl sites for hydroxylation is 1. The number of thioether (sulfide) groups is 1. The standard InChI is InChI=1S/C23H29N5O4S/c1-5-31-21(30)18-14(2)19(24-15(18)3)20(29)16(4)33-23-26-25-22(27-10-6-7-11-27)28(23)13-17-9-8-12-32-17/h8-9,12,16,24H,5-7,10-11,13H2,1-4H3. The molecule has 0 aromatic carbocycles. The minimum atomic E-state index is -0.442. The van der Waals surface area contributed by atoms with Gasteiger partial charge in [-0.1, -0.05) is 11.8 Å². The van der Waals surface area contributed by atoms with E-state index in [1.165, 1.54) is 11.8 Å². The van der Waals surface area contributed by atoms with Gasteiger partial charge < -0.3 is 19.0 Å². The summed E-state index contributed by atoms with van der Waals surface area (Å²) in [4.78, 5) is 30.9. The summed E-state index contributed by atoms with van der Waals surface area (Å²) < 4.78 is 12.7. The lowest BCUT2D eigenvalue weighted by molar-refractivity contribution is 0.0525. The molecule has 0 aliphatic carbocycles. The van der Waals surface area contributed by atoms with E-state index in [1.54, 1.807) is 27.0 Å². The van der Waals surface area contributed by atoms with Gasteiger partial charge in [-0.15, -0.1) is 10.2 Å². The second kappa shape index (κ2) is 9.86. The second-order valence-corrected chi connectivity index (χ2v) is 9.42. The van der Waals surface area contributed by atoms with E-state index in [9.17, 15) is 9.59 Å². The molecule has 1 aliphatic rings. The van der Waals surface area contributed by atoms with Crippen LogP contribution in [0.25, 0.3) is 0 Å². The Morgan fingerprint density at radius 2 is 2.03 bits per heavy atom. The van der Waals surface area contributed by atoms with Gasteiger partial charge in [0.05, 0.1) is 35.9 Å². The fourth-order valence-electron chi connectivity index (χ4n) is 4.14. The molecule has 1 fully saturated rings. The summed E-state index contributed by atoms with van der Waals surface area (Å²) in [7, 11) is 0. The monoisotopic (exact) mass is 471 g/mol. The molecule has 33 heavy (non-hydrogen) atoms. The average molecular weight is 472 g/mol. The van der Waals surface area contributed by atoms with Gasteiger partial charge in [-0.05, 0) is 58.2 Å². The molecule has 1 N–H and O–H groups in total. The van der Waals surface area contributed by atoms with Crippen LogP contribution >= 0.6 is 11.8 Å². The normalized spacial score (nSPS) is 14.6. The van der Waals surface area contributed by atoms with Crippen molar-refractivity contribution >= 4 is 29.5 Å². The van der Waals surface area contributed by atoms with Crippen LogP contribution < -0.4 is 4.90 Å². The summed E-state index contributed by atoms with van der Waals surface area (Å²) in [6.45, 7) is 9.79. The van der Waals surface area contributed by atoms with Crippen molar-refractivity contribution in [1.29, 1.82) is 0 Å². The highest BCUT2D eigenvalue weighted by Gasteiger charge is 2.29. The first-order valence-corrected chi connectivity index (χ1v) is 12.1. The molecule has 3 aromatic rings. The Labute approximate surface area is 196 Å². The molecule has 0 saturated carbocycles. The van der Waals surface area contributed by atoms with E-state index in [0.29, 0.717) is 34.2 Å². The van der Waals surface area contributed by atoms with Crippen molar-refractivity contribution in [2.24, 2.45) is 0 Å². The number of hydrogen-bond donors (Lipinski definition) is 1. The molecule has 0 bridgehead atoms. The number of hydrogen-bond acceptors (Lipinski definition) is 8. The number of aromatic nitrogens is 4. The molecule has 4 rings (SSSR count). The lowest BCUT2D eigenvalue weighted by Gasteiger charge is -2.18. The predicted octanol–water partition coefficient (Wildman–Crippen LogP) is 4.00. The maximum absolute atomic E-state index is 13.3. The van der Waals surface area contributed by atoms with E-state index in [4.69, 9.17) is 9.15 Å². The molecule has 1 aliphatic heterocycles. The minimum Gasteiger partial charge on any atom is -0.467 e. The van der Waals surface area contributed by atoms with Gasteiger partial charge in [0.2, 0.25) is 5.95 Å². The van der Waals surface area contributed by atoms with Crippen LogP contribution in [0.3, 0.4) is 0 Å². The highest BCUT2D eigenvalue weighted by molar-refractivity contribution is 8.00. The van der Waals surface area contributed by atoms with E-state index < -0.39 is 11.2 Å². The van der Waals surface area contributed by atoms with Crippen LogP contribution in [0.5, 0.6) is 0 Å². The van der Waals surface area contributed by atoms with Crippen LogP contribution in [0.1, 0.15) is 64.6 Å². The van der Waals surface area contributed by atoms with Gasteiger partial charge >= 0.3 is 5.97 Å². The molecule has 1 unspecified atom stereocenters. The van der Waals surface area contributed by atoms with Crippen molar-refractivity contribution < 1.29 is 18.7 Å². The number of anilines is 1. The van der Waals surface area contributed by atoms with Gasteiger partial charge in [-0.2, -0.15) is 0 Å². The zero-order chi connectivity index (χ0) is 23.5. The molecule has 0 radical (unpaired) electrons. The molecular formula is C23H29N5O4S. The Kier molecular flexibility index (Phi) is 6.92. The summed E-state index contributed by atoms with van der Waals surface area (Å²) in [6.07, 6.45) is 3.89. The Morgan fingerprint density at radius 1 is 1.27 bits per heavy atom. The van der Waals surface area contributed by atoms with Crippen molar-refractivity contribution in [3.05, 3.63) is 46.7 Å². The predicted molar refractivity (Wildman–Crippen MR) is 125 cm³/mol. The fourth-order valence-corrected chi connectivity index (χ4v) is 5.04. The summed E-state index contributed by atoms with van der Waals surface area (Å²) in [6, 6.07) is 3.77. The molecule has 0 amide bonds. The van der Waals surface area contributed by atoms with E-state index in [2.05, 4.69) is 20.1 Å². The van der Waals surface area contributed by atoms with Crippen molar-refractivity contribution in [2.75, 3.05) is 24.6 Å². The largest absolute Gasteiger partial charge is 0.467 e. The number of H-pyrrole nitrogens is 1. The zero-order valence-corrected chi connectivity index (χ0v) is 20.2. The van der Waals surface area contributed by atoms with Crippen LogP contribution in [0, 0.1) is 13.8 Å². The first-order chi connectivity index (χ1) is 15.9. The van der Waals surface area contributed by atoms with Crippen LogP contribution in [-0.4, -0.2) is 56.4 Å². The van der Waals surface area contributed by atoms with Crippen molar-refractivity contribution in [1.82, 2.24) is 19.7 Å². The highest BCUT2D eigenvalue weighted by atomic mass is 32.2. The third-order valence-corrected chi connectivity index (χ3v) is 6.88. The first-order valence-electron chi connectivity index (χ1n) is 11.2. The Balaban J connectivity index is 1.58. The number of ketones is 1. The SMILES string of the molecule is CCOC(=O)c1c(C)[nH]c(C(=O)C(C)Sc2nnc(N3CCCC3)n2Cc2ccco2)c1C. The van der Waals surface area contributed by atoms with Crippen molar-refractivity contribution in [3.8, 4) is 0 Å². The summed E-state index contributed by atoms with van der Waals surface area (Å²) >= 11 is 1.35. The summed E-state index contributed by atoms with van der Waals surface area (Å²) in [5.41, 5.74) is 2.09. The van der Waals surface area contributed by atoms with Gasteiger partial charge in [0.1, 0.15) is 5.76 Å². The molecule has 3 aromatic heterocycles. The molecule has 1 saturated heterocycles. The fraction of sp³-hybridized carbons (Fsp3) is 0.478. The van der Waals surface area contributed by atoms with Crippen molar-refractivity contribution in [3.63, 3.8) is 0 Å². The van der Waals surface area contributed by atoms with E-state index in [0.717, 1.165) is 37.6 Å². The van der Waals surface area contributed by atoms with Crippen LogP contribution in [0.2, 0.25) is 0 Å². The summed E-state index contributed by atoms with van der Waals surface area (Å²) in [5, 5.41) is 9.06. The number of furan rings is 1. The van der Waals surface area contributed by atoms with E-state index in [1.807, 2.05) is 23.6 Å². The molecular weight excluding hydrogens is 442 g/mol. The van der Waals surface area contributed by atoms with Gasteiger partial charge in [-0.25, -0.2) is 4.79 Å². The average Bonchev–Trinajstić information content (AvgIpc) is 3.57. The van der Waals surface area contributed by atoms with Gasteiger partial charge in [-0.3, -0.25) is 9.36 Å². The quantitative estimate of drug-likeness (QED) is 0.283. The number of Topliss-reactive ketones (excluding diaryl/α,β-unsaturated/α-hetero) is 1. The smallest absolute Gasteiger partial charge is 0.340 e. The van der Waals surface area contributed by atoms with Crippen LogP contribution in [-0.2, 0) is 11.3 Å². The number of carbonyl (C=O) groups is 2. The topological polar surface area (TPSA) is 106 Å². The maximum atomic E-state index is 13.3. The number of nitrogens with one attached hydrogen (secondary N) is 1. The Bertz CT molecular complexity index is 1130. The molecule has 9 nitrogen and oxygen atoms in total. The van der Waals surface area contributed by atoms with Gasteiger partial charge in [0.25, 0.3) is 0 Å². The number of rotatable bonds is 9. The first kappa shape index (κ1) is 23.2. The number of nitrogens with zero attached hydrogens (tertiary/aromatic N) is 4. The third-order valence-electron chi connectivity index (χ3n) is 5.80. The molecule has 10 heteroatoms. The molecule has 0 spiro atoms. The lowest BCUT2D eigenvalue weighted by Crippen LogP contribution is -2.23. The third kappa shape index (κ3) is 4.71. The highest BCUT2D eigenvalue weighted by Crippen LogP contribution is 2.31. The van der Waals surface area contributed by atoms with Crippen LogP contribution in [0.4, 0.5) is 5.95 Å². The Morgan fingerprint density at radius 3 is 2.70 bits per heavy atom. The Hall–Kier alpha value is -3.01. The number of esters is 1. The summed E-state index contributed by atoms with van der Waals surface area (Å²) in [5.74, 6) is 1.07. The van der Waals surface area contributed by atoms with Gasteiger partial charge in [0, 0.05) is 18.8 Å².